The van der Waals surface area contributed by atoms with Gasteiger partial charge in [-0.05, 0) is 37.1 Å². The van der Waals surface area contributed by atoms with Crippen LogP contribution < -0.4 is 10.2 Å². The van der Waals surface area contributed by atoms with Gasteiger partial charge in [-0.1, -0.05) is 28.8 Å². The zero-order valence-electron chi connectivity index (χ0n) is 10.4. The minimum absolute atomic E-state index is 0.0250. The highest BCUT2D eigenvalue weighted by Gasteiger charge is 2.63. The third-order valence-electron chi connectivity index (χ3n) is 4.44. The number of carbonyl (C=O) groups excluding carboxylic acids is 1. The molecule has 1 saturated carbocycles. The first-order valence-electron chi connectivity index (χ1n) is 6.72. The number of fused-ring (bicyclic) bond motifs is 2. The van der Waals surface area contributed by atoms with Gasteiger partial charge < -0.3 is 10.1 Å². The normalized spacial score (nSPS) is 31.2. The van der Waals surface area contributed by atoms with E-state index in [-0.39, 0.29) is 23.9 Å². The number of hydrogen-bond acceptors (Lipinski definition) is 2. The van der Waals surface area contributed by atoms with Crippen molar-refractivity contribution in [3.8, 4) is 0 Å². The molecule has 1 aromatic carbocycles. The van der Waals surface area contributed by atoms with Gasteiger partial charge in [0.25, 0.3) is 0 Å². The van der Waals surface area contributed by atoms with Gasteiger partial charge in [0, 0.05) is 10.2 Å². The van der Waals surface area contributed by atoms with Crippen LogP contribution in [-0.4, -0.2) is 23.9 Å². The SMILES string of the molecule is O=C1NC2(CCCC2)C2OC2N1c1ccc(Br)cc1. The molecular formula is C14H15BrN2O2. The first kappa shape index (κ1) is 11.7. The Balaban J connectivity index is 1.63. The van der Waals surface area contributed by atoms with Crippen molar-refractivity contribution in [2.75, 3.05) is 4.90 Å². The zero-order chi connectivity index (χ0) is 13.0. The summed E-state index contributed by atoms with van der Waals surface area (Å²) < 4.78 is 6.82. The molecule has 0 aromatic heterocycles. The van der Waals surface area contributed by atoms with E-state index in [2.05, 4.69) is 21.2 Å². The highest BCUT2D eigenvalue weighted by molar-refractivity contribution is 9.10. The number of hydrogen-bond donors (Lipinski definition) is 1. The van der Waals surface area contributed by atoms with E-state index in [1.165, 1.54) is 12.8 Å². The molecule has 1 aromatic rings. The average molecular weight is 323 g/mol. The van der Waals surface area contributed by atoms with Gasteiger partial charge in [0.1, 0.15) is 6.10 Å². The number of ether oxygens (including phenoxy) is 1. The summed E-state index contributed by atoms with van der Waals surface area (Å²) in [7, 11) is 0. The maximum absolute atomic E-state index is 12.4. The van der Waals surface area contributed by atoms with Gasteiger partial charge in [-0.2, -0.15) is 0 Å². The molecule has 2 atom stereocenters. The minimum atomic E-state index is -0.0897. The third-order valence-corrected chi connectivity index (χ3v) is 4.97. The third kappa shape index (κ3) is 1.71. The van der Waals surface area contributed by atoms with Crippen LogP contribution in [0, 0.1) is 0 Å². The minimum Gasteiger partial charge on any atom is -0.345 e. The monoisotopic (exact) mass is 322 g/mol. The van der Waals surface area contributed by atoms with E-state index in [1.807, 2.05) is 24.3 Å². The molecule has 2 unspecified atom stereocenters. The predicted octanol–water partition coefficient (Wildman–Crippen LogP) is 3.02. The summed E-state index contributed by atoms with van der Waals surface area (Å²) in [6.45, 7) is 0. The Hall–Kier alpha value is -1.07. The van der Waals surface area contributed by atoms with E-state index in [0.29, 0.717) is 0 Å². The number of epoxide rings is 1. The van der Waals surface area contributed by atoms with E-state index in [1.54, 1.807) is 4.90 Å². The van der Waals surface area contributed by atoms with Crippen molar-refractivity contribution >= 4 is 27.6 Å². The van der Waals surface area contributed by atoms with Crippen LogP contribution >= 0.6 is 15.9 Å². The second kappa shape index (κ2) is 3.96. The van der Waals surface area contributed by atoms with E-state index in [9.17, 15) is 4.79 Å². The Morgan fingerprint density at radius 3 is 2.63 bits per heavy atom. The lowest BCUT2D eigenvalue weighted by Gasteiger charge is -2.36. The van der Waals surface area contributed by atoms with Crippen molar-refractivity contribution in [2.45, 2.75) is 43.6 Å². The van der Waals surface area contributed by atoms with Gasteiger partial charge in [0.15, 0.2) is 6.23 Å². The lowest BCUT2D eigenvalue weighted by atomic mass is 9.91. The molecule has 3 fully saturated rings. The van der Waals surface area contributed by atoms with Crippen LogP contribution in [0.2, 0.25) is 0 Å². The first-order valence-corrected chi connectivity index (χ1v) is 7.51. The summed E-state index contributed by atoms with van der Waals surface area (Å²) in [5.41, 5.74) is 0.800. The second-order valence-corrected chi connectivity index (χ2v) is 6.50. The van der Waals surface area contributed by atoms with Crippen molar-refractivity contribution in [2.24, 2.45) is 0 Å². The number of amides is 2. The molecule has 19 heavy (non-hydrogen) atoms. The summed E-state index contributed by atoms with van der Waals surface area (Å²) in [5.74, 6) is 0. The Morgan fingerprint density at radius 1 is 1.26 bits per heavy atom. The summed E-state index contributed by atoms with van der Waals surface area (Å²) >= 11 is 3.41. The Kier molecular flexibility index (Phi) is 2.45. The first-order chi connectivity index (χ1) is 9.20. The largest absolute Gasteiger partial charge is 0.345 e. The van der Waals surface area contributed by atoms with Gasteiger partial charge in [0.05, 0.1) is 5.54 Å². The molecule has 5 heteroatoms. The molecule has 2 heterocycles. The van der Waals surface area contributed by atoms with Crippen LogP contribution in [0.4, 0.5) is 10.5 Å². The van der Waals surface area contributed by atoms with E-state index in [4.69, 9.17) is 4.74 Å². The van der Waals surface area contributed by atoms with Crippen LogP contribution in [0.3, 0.4) is 0 Å². The molecule has 3 aliphatic rings. The van der Waals surface area contributed by atoms with Crippen molar-refractivity contribution in [1.29, 1.82) is 0 Å². The summed E-state index contributed by atoms with van der Waals surface area (Å²) in [6.07, 6.45) is 4.56. The van der Waals surface area contributed by atoms with E-state index >= 15 is 0 Å². The fourth-order valence-corrected chi connectivity index (χ4v) is 3.71. The maximum atomic E-state index is 12.4. The number of halogens is 1. The van der Waals surface area contributed by atoms with Crippen LogP contribution in [0.5, 0.6) is 0 Å². The Bertz CT molecular complexity index is 525. The summed E-state index contributed by atoms with van der Waals surface area (Å²) in [6, 6.07) is 7.74. The van der Waals surface area contributed by atoms with E-state index < -0.39 is 0 Å². The summed E-state index contributed by atoms with van der Waals surface area (Å²) in [4.78, 5) is 14.1. The average Bonchev–Trinajstić information content (AvgIpc) is 3.06. The van der Waals surface area contributed by atoms with Crippen molar-refractivity contribution < 1.29 is 9.53 Å². The number of carbonyl (C=O) groups is 1. The zero-order valence-corrected chi connectivity index (χ0v) is 12.0. The number of benzene rings is 1. The quantitative estimate of drug-likeness (QED) is 0.808. The van der Waals surface area contributed by atoms with E-state index in [0.717, 1.165) is 23.0 Å². The Morgan fingerprint density at radius 2 is 1.95 bits per heavy atom. The number of nitrogens with one attached hydrogen (secondary N) is 1. The lowest BCUT2D eigenvalue weighted by molar-refractivity contribution is 0.213. The van der Waals surface area contributed by atoms with Crippen molar-refractivity contribution in [3.05, 3.63) is 28.7 Å². The Labute approximate surface area is 120 Å². The molecular weight excluding hydrogens is 308 g/mol. The molecule has 2 amide bonds. The van der Waals surface area contributed by atoms with Gasteiger partial charge >= 0.3 is 6.03 Å². The molecule has 2 aliphatic heterocycles. The molecule has 4 rings (SSSR count). The molecule has 100 valence electrons. The maximum Gasteiger partial charge on any atom is 0.324 e. The number of urea groups is 1. The molecule has 0 radical (unpaired) electrons. The highest BCUT2D eigenvalue weighted by atomic mass is 79.9. The highest BCUT2D eigenvalue weighted by Crippen LogP contribution is 2.48. The van der Waals surface area contributed by atoms with Crippen LogP contribution in [0.15, 0.2) is 28.7 Å². The molecule has 1 spiro atoms. The number of anilines is 1. The topological polar surface area (TPSA) is 44.9 Å². The van der Waals surface area contributed by atoms with Crippen LogP contribution in [0.1, 0.15) is 25.7 Å². The van der Waals surface area contributed by atoms with Gasteiger partial charge in [-0.25, -0.2) is 4.79 Å². The van der Waals surface area contributed by atoms with Crippen LogP contribution in [0.25, 0.3) is 0 Å². The number of rotatable bonds is 1. The standard InChI is InChI=1S/C14H15BrN2O2/c15-9-3-5-10(6-4-9)17-12-11(19-12)14(16-13(17)18)7-1-2-8-14/h3-6,11-12H,1-2,7-8H2,(H,16,18). The smallest absolute Gasteiger partial charge is 0.324 e. The molecule has 0 bridgehead atoms. The van der Waals surface area contributed by atoms with Crippen molar-refractivity contribution in [1.82, 2.24) is 5.32 Å². The predicted molar refractivity (Wildman–Crippen MR) is 75.0 cm³/mol. The van der Waals surface area contributed by atoms with Gasteiger partial charge in [-0.3, -0.25) is 4.90 Å². The lowest BCUT2D eigenvalue weighted by Crippen LogP contribution is -2.61. The fraction of sp³-hybridized carbons (Fsp3) is 0.500. The molecule has 4 nitrogen and oxygen atoms in total. The molecule has 1 aliphatic carbocycles. The molecule has 2 saturated heterocycles. The summed E-state index contributed by atoms with van der Waals surface area (Å²) in [5, 5.41) is 3.20. The second-order valence-electron chi connectivity index (χ2n) is 5.59. The molecule has 1 N–H and O–H groups in total. The number of nitrogens with zero attached hydrogens (tertiary/aromatic N) is 1. The fourth-order valence-electron chi connectivity index (χ4n) is 3.45. The van der Waals surface area contributed by atoms with Gasteiger partial charge in [-0.15, -0.1) is 0 Å². The van der Waals surface area contributed by atoms with Crippen LogP contribution in [-0.2, 0) is 4.74 Å². The van der Waals surface area contributed by atoms with Crippen molar-refractivity contribution in [3.63, 3.8) is 0 Å². The van der Waals surface area contributed by atoms with Gasteiger partial charge in [0.2, 0.25) is 0 Å².